The van der Waals surface area contributed by atoms with Crippen LogP contribution in [0, 0.1) is 0 Å². The number of carboxylic acids is 1. The van der Waals surface area contributed by atoms with Crippen LogP contribution in [0.15, 0.2) is 50.9 Å². The van der Waals surface area contributed by atoms with Crippen molar-refractivity contribution in [1.29, 1.82) is 0 Å². The van der Waals surface area contributed by atoms with E-state index in [1.165, 1.54) is 17.3 Å². The van der Waals surface area contributed by atoms with E-state index in [2.05, 4.69) is 53.8 Å². The number of benzene rings is 1. The van der Waals surface area contributed by atoms with Crippen molar-refractivity contribution < 1.29 is 9.90 Å². The molecule has 0 unspecified atom stereocenters. The molecule has 0 spiro atoms. The summed E-state index contributed by atoms with van der Waals surface area (Å²) in [7, 11) is 0. The van der Waals surface area contributed by atoms with Crippen molar-refractivity contribution in [2.45, 2.75) is 36.1 Å². The Morgan fingerprint density at radius 2 is 1.86 bits per heavy atom. The first-order valence-corrected chi connectivity index (χ1v) is 8.05. The Hall–Kier alpha value is -1.33. The third-order valence-corrected chi connectivity index (χ3v) is 4.44. The molecular weight excluding hydrogens is 350 g/mol. The topological polar surface area (TPSA) is 50.2 Å². The van der Waals surface area contributed by atoms with Crippen molar-refractivity contribution in [2.24, 2.45) is 0 Å². The van der Waals surface area contributed by atoms with Gasteiger partial charge in [-0.25, -0.2) is 9.78 Å². The lowest BCUT2D eigenvalue weighted by Crippen LogP contribution is -2.10. The van der Waals surface area contributed by atoms with Crippen LogP contribution in [0.5, 0.6) is 0 Å². The number of hydrogen-bond acceptors (Lipinski definition) is 3. The monoisotopic (exact) mass is 365 g/mol. The highest BCUT2D eigenvalue weighted by molar-refractivity contribution is 9.10. The molecule has 2 aromatic rings. The SMILES string of the molecule is CC(C)(C)c1ccc(Sc2ncc(Br)cc2C(=O)O)cc1. The van der Waals surface area contributed by atoms with E-state index in [-0.39, 0.29) is 11.0 Å². The molecule has 0 saturated heterocycles. The van der Waals surface area contributed by atoms with Crippen molar-refractivity contribution >= 4 is 33.7 Å². The molecule has 0 aliphatic heterocycles. The second-order valence-corrected chi connectivity index (χ2v) is 7.67. The summed E-state index contributed by atoms with van der Waals surface area (Å²) in [6, 6.07) is 9.71. The van der Waals surface area contributed by atoms with Gasteiger partial charge in [0, 0.05) is 15.6 Å². The van der Waals surface area contributed by atoms with Crippen LogP contribution in [0.1, 0.15) is 36.7 Å². The fourth-order valence-corrected chi connectivity index (χ4v) is 2.98. The van der Waals surface area contributed by atoms with Gasteiger partial charge in [-0.1, -0.05) is 44.7 Å². The minimum atomic E-state index is -0.974. The fourth-order valence-electron chi connectivity index (χ4n) is 1.80. The minimum Gasteiger partial charge on any atom is -0.478 e. The van der Waals surface area contributed by atoms with Crippen molar-refractivity contribution in [3.63, 3.8) is 0 Å². The first-order valence-electron chi connectivity index (χ1n) is 6.44. The summed E-state index contributed by atoms with van der Waals surface area (Å²) in [4.78, 5) is 16.4. The van der Waals surface area contributed by atoms with Gasteiger partial charge < -0.3 is 5.11 Å². The van der Waals surface area contributed by atoms with Crippen molar-refractivity contribution in [3.8, 4) is 0 Å². The Labute approximate surface area is 136 Å². The third kappa shape index (κ3) is 4.08. The van der Waals surface area contributed by atoms with E-state index < -0.39 is 5.97 Å². The summed E-state index contributed by atoms with van der Waals surface area (Å²) in [5, 5.41) is 9.74. The zero-order valence-electron chi connectivity index (χ0n) is 12.1. The lowest BCUT2D eigenvalue weighted by molar-refractivity contribution is 0.0692. The van der Waals surface area contributed by atoms with Crippen LogP contribution in [-0.4, -0.2) is 16.1 Å². The van der Waals surface area contributed by atoms with Gasteiger partial charge in [-0.3, -0.25) is 0 Å². The maximum absolute atomic E-state index is 11.3. The number of pyridine rings is 1. The second-order valence-electron chi connectivity index (χ2n) is 5.69. The van der Waals surface area contributed by atoms with Gasteiger partial charge >= 0.3 is 5.97 Å². The molecule has 0 amide bonds. The molecule has 2 rings (SSSR count). The number of carbonyl (C=O) groups is 1. The van der Waals surface area contributed by atoms with E-state index in [0.717, 1.165) is 4.90 Å². The molecule has 21 heavy (non-hydrogen) atoms. The van der Waals surface area contributed by atoms with E-state index in [9.17, 15) is 9.90 Å². The molecule has 1 aromatic heterocycles. The third-order valence-electron chi connectivity index (χ3n) is 2.98. The summed E-state index contributed by atoms with van der Waals surface area (Å²) in [5.41, 5.74) is 1.55. The fraction of sp³-hybridized carbons (Fsp3) is 0.250. The predicted octanol–water partition coefficient (Wildman–Crippen LogP) is 4.99. The van der Waals surface area contributed by atoms with Crippen LogP contribution in [0.4, 0.5) is 0 Å². The maximum Gasteiger partial charge on any atom is 0.338 e. The van der Waals surface area contributed by atoms with E-state index in [4.69, 9.17) is 0 Å². The average molecular weight is 366 g/mol. The lowest BCUT2D eigenvalue weighted by atomic mass is 9.87. The van der Waals surface area contributed by atoms with Crippen LogP contribution < -0.4 is 0 Å². The molecule has 0 bridgehead atoms. The van der Waals surface area contributed by atoms with Gasteiger partial charge in [0.1, 0.15) is 5.03 Å². The Morgan fingerprint density at radius 3 is 2.38 bits per heavy atom. The first kappa shape index (κ1) is 16.0. The highest BCUT2D eigenvalue weighted by Gasteiger charge is 2.15. The molecule has 1 N–H and O–H groups in total. The molecule has 0 fully saturated rings. The number of hydrogen-bond donors (Lipinski definition) is 1. The summed E-state index contributed by atoms with van der Waals surface area (Å²) in [6.45, 7) is 6.48. The molecule has 0 radical (unpaired) electrons. The van der Waals surface area contributed by atoms with Gasteiger partial charge in [-0.05, 0) is 45.1 Å². The molecule has 0 aliphatic rings. The largest absolute Gasteiger partial charge is 0.478 e. The molecular formula is C16H16BrNO2S. The Balaban J connectivity index is 2.28. The van der Waals surface area contributed by atoms with Gasteiger partial charge in [0.15, 0.2) is 0 Å². The lowest BCUT2D eigenvalue weighted by Gasteiger charge is -2.19. The summed E-state index contributed by atoms with van der Waals surface area (Å²) in [6.07, 6.45) is 1.61. The van der Waals surface area contributed by atoms with Crippen LogP contribution in [0.25, 0.3) is 0 Å². The highest BCUT2D eigenvalue weighted by atomic mass is 79.9. The molecule has 1 aromatic carbocycles. The van der Waals surface area contributed by atoms with Crippen molar-refractivity contribution in [3.05, 3.63) is 52.1 Å². The Morgan fingerprint density at radius 1 is 1.24 bits per heavy atom. The quantitative estimate of drug-likeness (QED) is 0.831. The van der Waals surface area contributed by atoms with Gasteiger partial charge in [0.2, 0.25) is 0 Å². The Bertz CT molecular complexity index is 663. The standard InChI is InChI=1S/C16H16BrNO2S/c1-16(2,3)10-4-6-12(7-5-10)21-14-13(15(19)20)8-11(17)9-18-14/h4-9H,1-3H3,(H,19,20). The highest BCUT2D eigenvalue weighted by Crippen LogP contribution is 2.32. The molecule has 5 heteroatoms. The van der Waals surface area contributed by atoms with E-state index in [0.29, 0.717) is 9.50 Å². The molecule has 3 nitrogen and oxygen atoms in total. The normalized spacial score (nSPS) is 11.4. The van der Waals surface area contributed by atoms with Gasteiger partial charge in [0.25, 0.3) is 0 Å². The van der Waals surface area contributed by atoms with Gasteiger partial charge in [0.05, 0.1) is 5.56 Å². The maximum atomic E-state index is 11.3. The van der Waals surface area contributed by atoms with E-state index in [1.54, 1.807) is 12.3 Å². The van der Waals surface area contributed by atoms with Crippen molar-refractivity contribution in [1.82, 2.24) is 4.98 Å². The number of aromatic nitrogens is 1. The number of aromatic carboxylic acids is 1. The molecule has 1 heterocycles. The minimum absolute atomic E-state index is 0.102. The van der Waals surface area contributed by atoms with Crippen LogP contribution in [0.2, 0.25) is 0 Å². The summed E-state index contributed by atoms with van der Waals surface area (Å²) < 4.78 is 0.660. The zero-order chi connectivity index (χ0) is 15.6. The van der Waals surface area contributed by atoms with E-state index in [1.807, 2.05) is 12.1 Å². The smallest absolute Gasteiger partial charge is 0.338 e. The van der Waals surface area contributed by atoms with Gasteiger partial charge in [-0.15, -0.1) is 0 Å². The first-order chi connectivity index (χ1) is 9.77. The second kappa shape index (κ2) is 6.20. The number of carboxylic acid groups (broad SMARTS) is 1. The zero-order valence-corrected chi connectivity index (χ0v) is 14.5. The van der Waals surface area contributed by atoms with Crippen LogP contribution in [0.3, 0.4) is 0 Å². The number of halogens is 1. The average Bonchev–Trinajstić information content (AvgIpc) is 2.40. The van der Waals surface area contributed by atoms with Gasteiger partial charge in [-0.2, -0.15) is 0 Å². The van der Waals surface area contributed by atoms with Crippen molar-refractivity contribution in [2.75, 3.05) is 0 Å². The van der Waals surface area contributed by atoms with Crippen LogP contribution in [-0.2, 0) is 5.41 Å². The van der Waals surface area contributed by atoms with Crippen LogP contribution >= 0.6 is 27.7 Å². The summed E-state index contributed by atoms with van der Waals surface area (Å²) >= 11 is 4.60. The number of nitrogens with zero attached hydrogens (tertiary/aromatic N) is 1. The Kier molecular flexibility index (Phi) is 4.74. The predicted molar refractivity (Wildman–Crippen MR) is 88.2 cm³/mol. The van der Waals surface area contributed by atoms with E-state index >= 15 is 0 Å². The summed E-state index contributed by atoms with van der Waals surface area (Å²) in [5.74, 6) is -0.974. The molecule has 0 saturated carbocycles. The molecule has 0 atom stereocenters. The molecule has 110 valence electrons. The number of rotatable bonds is 3. The molecule has 0 aliphatic carbocycles.